The largest absolute Gasteiger partial charge is 0.379 e. The second-order valence-electron chi connectivity index (χ2n) is 7.77. The van der Waals surface area contributed by atoms with E-state index in [-0.39, 0.29) is 6.54 Å². The summed E-state index contributed by atoms with van der Waals surface area (Å²) in [6, 6.07) is 17.7. The Hall–Kier alpha value is -4.19. The summed E-state index contributed by atoms with van der Waals surface area (Å²) in [6.45, 7) is 2.12. The molecule has 0 radical (unpaired) electrons. The molecule has 0 aliphatic carbocycles. The van der Waals surface area contributed by atoms with Gasteiger partial charge in [0.2, 0.25) is 0 Å². The SMILES string of the molecule is Cc1ncc(-c2ccc3nccc(-c4ccncc4)c3c2)cc1NCc1ccc(F)cc1F. The number of nitrogens with zero attached hydrogens (tertiary/aromatic N) is 3. The van der Waals surface area contributed by atoms with Crippen molar-refractivity contribution in [1.82, 2.24) is 15.0 Å². The zero-order valence-electron chi connectivity index (χ0n) is 17.9. The van der Waals surface area contributed by atoms with E-state index < -0.39 is 11.6 Å². The fourth-order valence-electron chi connectivity index (χ4n) is 3.83. The molecule has 5 rings (SSSR count). The molecule has 0 unspecified atom stereocenters. The van der Waals surface area contributed by atoms with Crippen LogP contribution in [0, 0.1) is 18.6 Å². The van der Waals surface area contributed by atoms with Crippen LogP contribution in [0.2, 0.25) is 0 Å². The number of nitrogens with one attached hydrogen (secondary N) is 1. The molecule has 0 saturated carbocycles. The first-order valence-corrected chi connectivity index (χ1v) is 10.5. The first kappa shape index (κ1) is 20.7. The van der Waals surface area contributed by atoms with E-state index in [1.165, 1.54) is 12.1 Å². The van der Waals surface area contributed by atoms with Crippen LogP contribution in [0.4, 0.5) is 14.5 Å². The van der Waals surface area contributed by atoms with E-state index in [1.807, 2.05) is 55.7 Å². The summed E-state index contributed by atoms with van der Waals surface area (Å²) >= 11 is 0. The van der Waals surface area contributed by atoms with Crippen LogP contribution in [0.15, 0.2) is 85.5 Å². The number of rotatable bonds is 5. The minimum Gasteiger partial charge on any atom is -0.379 e. The minimum absolute atomic E-state index is 0.228. The number of aromatic nitrogens is 3. The summed E-state index contributed by atoms with van der Waals surface area (Å²) in [6.07, 6.45) is 7.18. The maximum atomic E-state index is 14.0. The lowest BCUT2D eigenvalue weighted by molar-refractivity contribution is 0.574. The first-order valence-electron chi connectivity index (χ1n) is 10.5. The molecular weight excluding hydrogens is 418 g/mol. The van der Waals surface area contributed by atoms with Crippen molar-refractivity contribution in [2.45, 2.75) is 13.5 Å². The number of benzene rings is 2. The van der Waals surface area contributed by atoms with Gasteiger partial charge < -0.3 is 5.32 Å². The average molecular weight is 438 g/mol. The van der Waals surface area contributed by atoms with Gasteiger partial charge in [-0.2, -0.15) is 0 Å². The van der Waals surface area contributed by atoms with Crippen LogP contribution in [0.1, 0.15) is 11.3 Å². The Balaban J connectivity index is 1.50. The third-order valence-corrected chi connectivity index (χ3v) is 5.64. The van der Waals surface area contributed by atoms with Crippen molar-refractivity contribution in [1.29, 1.82) is 0 Å². The number of hydrogen-bond acceptors (Lipinski definition) is 4. The van der Waals surface area contributed by atoms with Crippen LogP contribution in [0.25, 0.3) is 33.2 Å². The standard InChI is InChI=1S/C27H20F2N4/c1-17-27(33-15-20-2-4-22(28)14-25(20)29)13-21(16-32-17)19-3-5-26-24(12-19)23(8-11-31-26)18-6-9-30-10-7-18/h2-14,16,33H,15H2,1H3. The van der Waals surface area contributed by atoms with E-state index >= 15 is 0 Å². The monoisotopic (exact) mass is 438 g/mol. The molecule has 0 spiro atoms. The first-order chi connectivity index (χ1) is 16.1. The van der Waals surface area contributed by atoms with E-state index in [4.69, 9.17) is 0 Å². The van der Waals surface area contributed by atoms with Gasteiger partial charge in [-0.3, -0.25) is 15.0 Å². The Morgan fingerprint density at radius 2 is 1.64 bits per heavy atom. The fourth-order valence-corrected chi connectivity index (χ4v) is 3.83. The second-order valence-corrected chi connectivity index (χ2v) is 7.77. The predicted octanol–water partition coefficient (Wildman–Crippen LogP) is 6.56. The van der Waals surface area contributed by atoms with Crippen LogP contribution >= 0.6 is 0 Å². The van der Waals surface area contributed by atoms with Gasteiger partial charge in [0.05, 0.1) is 16.9 Å². The molecule has 0 atom stereocenters. The number of halogens is 2. The summed E-state index contributed by atoms with van der Waals surface area (Å²) in [4.78, 5) is 13.1. The van der Waals surface area contributed by atoms with Gasteiger partial charge in [-0.05, 0) is 66.1 Å². The Morgan fingerprint density at radius 3 is 2.45 bits per heavy atom. The van der Waals surface area contributed by atoms with E-state index in [0.717, 1.165) is 50.6 Å². The van der Waals surface area contributed by atoms with E-state index in [2.05, 4.69) is 26.3 Å². The summed E-state index contributed by atoms with van der Waals surface area (Å²) in [5.41, 5.74) is 6.94. The van der Waals surface area contributed by atoms with Gasteiger partial charge in [0.1, 0.15) is 11.6 Å². The Bertz CT molecular complexity index is 1450. The molecule has 4 nitrogen and oxygen atoms in total. The van der Waals surface area contributed by atoms with Gasteiger partial charge in [-0.25, -0.2) is 8.78 Å². The number of fused-ring (bicyclic) bond motifs is 1. The molecule has 0 bridgehead atoms. The average Bonchev–Trinajstić information content (AvgIpc) is 2.84. The van der Waals surface area contributed by atoms with Crippen molar-refractivity contribution in [3.63, 3.8) is 0 Å². The highest BCUT2D eigenvalue weighted by atomic mass is 19.1. The van der Waals surface area contributed by atoms with Gasteiger partial charge in [0.25, 0.3) is 0 Å². The molecule has 0 aliphatic heterocycles. The molecule has 2 aromatic carbocycles. The van der Waals surface area contributed by atoms with Gasteiger partial charge in [0, 0.05) is 53.9 Å². The van der Waals surface area contributed by atoms with Crippen LogP contribution in [-0.4, -0.2) is 15.0 Å². The number of pyridine rings is 3. The van der Waals surface area contributed by atoms with Crippen LogP contribution < -0.4 is 5.32 Å². The lowest BCUT2D eigenvalue weighted by atomic mass is 9.98. The van der Waals surface area contributed by atoms with Crippen molar-refractivity contribution in [2.75, 3.05) is 5.32 Å². The molecule has 0 fully saturated rings. The quantitative estimate of drug-likeness (QED) is 0.338. The minimum atomic E-state index is -0.590. The van der Waals surface area contributed by atoms with Gasteiger partial charge in [-0.1, -0.05) is 12.1 Å². The van der Waals surface area contributed by atoms with Crippen molar-refractivity contribution < 1.29 is 8.78 Å². The summed E-state index contributed by atoms with van der Waals surface area (Å²) in [5, 5.41) is 4.26. The summed E-state index contributed by atoms with van der Waals surface area (Å²) in [5.74, 6) is -1.16. The Kier molecular flexibility index (Phi) is 5.48. The molecule has 0 amide bonds. The summed E-state index contributed by atoms with van der Waals surface area (Å²) in [7, 11) is 0. The summed E-state index contributed by atoms with van der Waals surface area (Å²) < 4.78 is 27.2. The Labute approximate surface area is 190 Å². The van der Waals surface area contributed by atoms with Gasteiger partial charge in [0.15, 0.2) is 0 Å². The number of aryl methyl sites for hydroxylation is 1. The normalized spacial score (nSPS) is 11.0. The third-order valence-electron chi connectivity index (χ3n) is 5.64. The van der Waals surface area contributed by atoms with Crippen molar-refractivity contribution >= 4 is 16.6 Å². The molecule has 162 valence electrons. The van der Waals surface area contributed by atoms with Crippen LogP contribution in [0.5, 0.6) is 0 Å². The number of hydrogen-bond donors (Lipinski definition) is 1. The highest BCUT2D eigenvalue weighted by molar-refractivity contribution is 5.96. The molecule has 3 heterocycles. The molecule has 0 saturated heterocycles. The lowest BCUT2D eigenvalue weighted by Crippen LogP contribution is -2.04. The van der Waals surface area contributed by atoms with Crippen molar-refractivity contribution in [2.24, 2.45) is 0 Å². The van der Waals surface area contributed by atoms with E-state index in [1.54, 1.807) is 12.4 Å². The second kappa shape index (κ2) is 8.74. The molecule has 5 aromatic rings. The fraction of sp³-hybridized carbons (Fsp3) is 0.0741. The zero-order chi connectivity index (χ0) is 22.8. The topological polar surface area (TPSA) is 50.7 Å². The molecular formula is C27H20F2N4. The van der Waals surface area contributed by atoms with Gasteiger partial charge in [-0.15, -0.1) is 0 Å². The third kappa shape index (κ3) is 4.28. The van der Waals surface area contributed by atoms with Crippen molar-refractivity contribution in [3.8, 4) is 22.3 Å². The maximum Gasteiger partial charge on any atom is 0.131 e. The number of anilines is 1. The lowest BCUT2D eigenvalue weighted by Gasteiger charge is -2.13. The molecule has 3 aromatic heterocycles. The highest BCUT2D eigenvalue weighted by Crippen LogP contribution is 2.32. The highest BCUT2D eigenvalue weighted by Gasteiger charge is 2.10. The van der Waals surface area contributed by atoms with E-state index in [0.29, 0.717) is 5.56 Å². The smallest absolute Gasteiger partial charge is 0.131 e. The van der Waals surface area contributed by atoms with Crippen LogP contribution in [-0.2, 0) is 6.54 Å². The molecule has 6 heteroatoms. The molecule has 33 heavy (non-hydrogen) atoms. The van der Waals surface area contributed by atoms with Crippen molar-refractivity contribution in [3.05, 3.63) is 108 Å². The molecule has 0 aliphatic rings. The van der Waals surface area contributed by atoms with E-state index in [9.17, 15) is 8.78 Å². The predicted molar refractivity (Wildman–Crippen MR) is 127 cm³/mol. The maximum absolute atomic E-state index is 14.0. The Morgan fingerprint density at radius 1 is 0.788 bits per heavy atom. The molecule has 1 N–H and O–H groups in total. The van der Waals surface area contributed by atoms with Crippen LogP contribution in [0.3, 0.4) is 0 Å². The zero-order valence-corrected chi connectivity index (χ0v) is 17.9. The van der Waals surface area contributed by atoms with Gasteiger partial charge >= 0.3 is 0 Å².